The van der Waals surface area contributed by atoms with E-state index in [2.05, 4.69) is 36.3 Å². The maximum atomic E-state index is 5.68. The van der Waals surface area contributed by atoms with E-state index in [4.69, 9.17) is 4.74 Å². The van der Waals surface area contributed by atoms with Crippen LogP contribution < -0.4 is 10.1 Å². The van der Waals surface area contributed by atoms with Crippen LogP contribution in [0.2, 0.25) is 0 Å². The highest BCUT2D eigenvalue weighted by atomic mass is 32.1. The summed E-state index contributed by atoms with van der Waals surface area (Å²) in [5.41, 5.74) is 1.20. The second-order valence-electron chi connectivity index (χ2n) is 4.65. The number of hydrogen-bond acceptors (Lipinski definition) is 4. The SMILES string of the molecule is CCOc1ccccc1C(C)NCc1ncc(CC)s1. The molecule has 20 heavy (non-hydrogen) atoms. The average molecular weight is 290 g/mol. The van der Waals surface area contributed by atoms with Gasteiger partial charge in [0.25, 0.3) is 0 Å². The van der Waals surface area contributed by atoms with Gasteiger partial charge in [0.05, 0.1) is 6.61 Å². The molecule has 1 unspecified atom stereocenters. The van der Waals surface area contributed by atoms with Gasteiger partial charge >= 0.3 is 0 Å². The molecule has 3 nitrogen and oxygen atoms in total. The Hall–Kier alpha value is -1.39. The zero-order valence-corrected chi connectivity index (χ0v) is 13.2. The second kappa shape index (κ2) is 7.41. The Balaban J connectivity index is 1.99. The normalized spacial score (nSPS) is 12.3. The zero-order chi connectivity index (χ0) is 14.4. The Morgan fingerprint density at radius 2 is 2.10 bits per heavy atom. The van der Waals surface area contributed by atoms with Crippen molar-refractivity contribution in [2.75, 3.05) is 6.61 Å². The summed E-state index contributed by atoms with van der Waals surface area (Å²) in [5, 5.41) is 4.66. The van der Waals surface area contributed by atoms with E-state index >= 15 is 0 Å². The fourth-order valence-electron chi connectivity index (χ4n) is 2.07. The summed E-state index contributed by atoms with van der Waals surface area (Å²) in [5.74, 6) is 0.961. The minimum atomic E-state index is 0.242. The summed E-state index contributed by atoms with van der Waals surface area (Å²) in [7, 11) is 0. The van der Waals surface area contributed by atoms with Crippen LogP contribution in [-0.2, 0) is 13.0 Å². The van der Waals surface area contributed by atoms with Crippen molar-refractivity contribution in [3.05, 3.63) is 45.9 Å². The number of rotatable bonds is 7. The maximum absolute atomic E-state index is 5.68. The number of aryl methyl sites for hydroxylation is 1. The first-order valence-corrected chi connectivity index (χ1v) is 7.94. The first kappa shape index (κ1) is 15.0. The van der Waals surface area contributed by atoms with E-state index < -0.39 is 0 Å². The summed E-state index contributed by atoms with van der Waals surface area (Å²) < 4.78 is 5.68. The molecule has 1 aromatic carbocycles. The number of nitrogens with one attached hydrogen (secondary N) is 1. The van der Waals surface area contributed by atoms with Gasteiger partial charge in [0.1, 0.15) is 10.8 Å². The third kappa shape index (κ3) is 3.81. The first-order chi connectivity index (χ1) is 9.74. The van der Waals surface area contributed by atoms with E-state index in [9.17, 15) is 0 Å². The van der Waals surface area contributed by atoms with Crippen molar-refractivity contribution >= 4 is 11.3 Å². The Kier molecular flexibility index (Phi) is 5.56. The van der Waals surface area contributed by atoms with Crippen molar-refractivity contribution in [3.63, 3.8) is 0 Å². The molecule has 0 saturated carbocycles. The summed E-state index contributed by atoms with van der Waals surface area (Å²) in [6.07, 6.45) is 3.03. The van der Waals surface area contributed by atoms with Crippen molar-refractivity contribution in [1.29, 1.82) is 0 Å². The zero-order valence-electron chi connectivity index (χ0n) is 12.3. The largest absolute Gasteiger partial charge is 0.494 e. The molecule has 1 N–H and O–H groups in total. The molecule has 0 spiro atoms. The van der Waals surface area contributed by atoms with Gasteiger partial charge in [-0.3, -0.25) is 0 Å². The minimum Gasteiger partial charge on any atom is -0.494 e. The standard InChI is InChI=1S/C16H22N2OS/c1-4-13-10-18-16(20-13)11-17-12(3)14-8-6-7-9-15(14)19-5-2/h6-10,12,17H,4-5,11H2,1-3H3. The van der Waals surface area contributed by atoms with Crippen molar-refractivity contribution in [3.8, 4) is 5.75 Å². The fourth-order valence-corrected chi connectivity index (χ4v) is 2.88. The van der Waals surface area contributed by atoms with Gasteiger partial charge in [-0.25, -0.2) is 4.98 Å². The third-order valence-electron chi connectivity index (χ3n) is 3.19. The lowest BCUT2D eigenvalue weighted by Gasteiger charge is -2.17. The second-order valence-corrected chi connectivity index (χ2v) is 5.85. The van der Waals surface area contributed by atoms with Gasteiger partial charge in [0.2, 0.25) is 0 Å². The molecule has 0 aliphatic carbocycles. The number of benzene rings is 1. The Labute approximate surface area is 125 Å². The first-order valence-electron chi connectivity index (χ1n) is 7.13. The van der Waals surface area contributed by atoms with Gasteiger partial charge in [-0.05, 0) is 26.3 Å². The highest BCUT2D eigenvalue weighted by molar-refractivity contribution is 7.11. The lowest BCUT2D eigenvalue weighted by Crippen LogP contribution is -2.18. The van der Waals surface area contributed by atoms with E-state index in [0.29, 0.717) is 6.61 Å². The highest BCUT2D eigenvalue weighted by Crippen LogP contribution is 2.25. The van der Waals surface area contributed by atoms with Gasteiger partial charge < -0.3 is 10.1 Å². The Bertz CT molecular complexity index is 539. The van der Waals surface area contributed by atoms with Gasteiger partial charge in [0.15, 0.2) is 0 Å². The molecule has 1 atom stereocenters. The molecule has 2 rings (SSSR count). The molecule has 4 heteroatoms. The van der Waals surface area contributed by atoms with Crippen molar-refractivity contribution in [2.24, 2.45) is 0 Å². The van der Waals surface area contributed by atoms with Crippen molar-refractivity contribution in [1.82, 2.24) is 10.3 Å². The van der Waals surface area contributed by atoms with Crippen LogP contribution in [0, 0.1) is 0 Å². The minimum absolute atomic E-state index is 0.242. The van der Waals surface area contributed by atoms with Crippen LogP contribution in [-0.4, -0.2) is 11.6 Å². The maximum Gasteiger partial charge on any atom is 0.124 e. The van der Waals surface area contributed by atoms with Gasteiger partial charge in [-0.15, -0.1) is 11.3 Å². The molecule has 108 valence electrons. The topological polar surface area (TPSA) is 34.1 Å². The number of thiazole rings is 1. The lowest BCUT2D eigenvalue weighted by molar-refractivity contribution is 0.332. The monoisotopic (exact) mass is 290 g/mol. The number of ether oxygens (including phenoxy) is 1. The van der Waals surface area contributed by atoms with Crippen LogP contribution in [0.25, 0.3) is 0 Å². The van der Waals surface area contributed by atoms with Crippen LogP contribution >= 0.6 is 11.3 Å². The molecule has 0 fully saturated rings. The highest BCUT2D eigenvalue weighted by Gasteiger charge is 2.11. The molecule has 1 aromatic heterocycles. The molecule has 2 aromatic rings. The Morgan fingerprint density at radius 3 is 2.80 bits per heavy atom. The number of aromatic nitrogens is 1. The Morgan fingerprint density at radius 1 is 1.30 bits per heavy atom. The van der Waals surface area contributed by atoms with Crippen LogP contribution in [0.5, 0.6) is 5.75 Å². The molecule has 0 radical (unpaired) electrons. The van der Waals surface area contributed by atoms with Crippen LogP contribution in [0.1, 0.15) is 42.3 Å². The van der Waals surface area contributed by atoms with E-state index in [1.807, 2.05) is 25.3 Å². The van der Waals surface area contributed by atoms with Crippen LogP contribution in [0.15, 0.2) is 30.5 Å². The summed E-state index contributed by atoms with van der Waals surface area (Å²) >= 11 is 1.78. The summed E-state index contributed by atoms with van der Waals surface area (Å²) in [6.45, 7) is 7.82. The molecule has 0 saturated heterocycles. The summed E-state index contributed by atoms with van der Waals surface area (Å²) in [6, 6.07) is 8.44. The molecule has 0 aliphatic heterocycles. The molecule has 1 heterocycles. The fraction of sp³-hybridized carbons (Fsp3) is 0.438. The van der Waals surface area contributed by atoms with Crippen LogP contribution in [0.3, 0.4) is 0 Å². The molecular formula is C16H22N2OS. The molecule has 0 amide bonds. The van der Waals surface area contributed by atoms with E-state index in [0.717, 1.165) is 23.7 Å². The average Bonchev–Trinajstić information content (AvgIpc) is 2.94. The van der Waals surface area contributed by atoms with E-state index in [1.165, 1.54) is 10.4 Å². The van der Waals surface area contributed by atoms with Crippen molar-refractivity contribution < 1.29 is 4.74 Å². The predicted octanol–water partition coefficient (Wildman–Crippen LogP) is 3.96. The predicted molar refractivity (Wildman–Crippen MR) is 84.4 cm³/mol. The number of para-hydroxylation sites is 1. The van der Waals surface area contributed by atoms with E-state index in [-0.39, 0.29) is 6.04 Å². The molecule has 0 aliphatic rings. The lowest BCUT2D eigenvalue weighted by atomic mass is 10.1. The van der Waals surface area contributed by atoms with E-state index in [1.54, 1.807) is 11.3 Å². The quantitative estimate of drug-likeness (QED) is 0.838. The third-order valence-corrected chi connectivity index (χ3v) is 4.34. The number of hydrogen-bond donors (Lipinski definition) is 1. The smallest absolute Gasteiger partial charge is 0.124 e. The molecule has 0 bridgehead atoms. The van der Waals surface area contributed by atoms with Gasteiger partial charge in [0, 0.05) is 29.2 Å². The number of nitrogens with zero attached hydrogens (tertiary/aromatic N) is 1. The van der Waals surface area contributed by atoms with Gasteiger partial charge in [-0.1, -0.05) is 25.1 Å². The molecular weight excluding hydrogens is 268 g/mol. The van der Waals surface area contributed by atoms with Gasteiger partial charge in [-0.2, -0.15) is 0 Å². The van der Waals surface area contributed by atoms with Crippen molar-refractivity contribution in [2.45, 2.75) is 39.8 Å². The summed E-state index contributed by atoms with van der Waals surface area (Å²) in [4.78, 5) is 5.77. The van der Waals surface area contributed by atoms with Crippen LogP contribution in [0.4, 0.5) is 0 Å².